The normalized spacial score (nSPS) is 14.1. The molecular weight excluding hydrogens is 401 g/mol. The van der Waals surface area contributed by atoms with Crippen LogP contribution < -0.4 is 11.1 Å². The summed E-state index contributed by atoms with van der Waals surface area (Å²) in [5.41, 5.74) is 7.28. The number of nitrogens with one attached hydrogen (secondary N) is 1. The second-order valence-corrected chi connectivity index (χ2v) is 7.76. The lowest BCUT2D eigenvalue weighted by Crippen LogP contribution is -2.22. The van der Waals surface area contributed by atoms with Crippen LogP contribution in [0.4, 0.5) is 5.69 Å². The largest absolute Gasteiger partial charge is 0.467 e. The summed E-state index contributed by atoms with van der Waals surface area (Å²) in [7, 11) is 0. The number of pyridine rings is 1. The Labute approximate surface area is 175 Å². The standard InChI is InChI=1S/C12H8Cl2N2OS.C6H13N.C2H6/c13-8-6-18-12-9(4-10(14)16-11(8)12)15-5-7-2-1-3-17-7;7-6-4-2-1-3-5-6;1-2/h1-4,6H,5H2,(H,15,16);6H,1-5,7H2;1-2H3. The Kier molecular flexibility index (Phi) is 9.42. The lowest BCUT2D eigenvalue weighted by Gasteiger charge is -2.15. The number of furan rings is 1. The van der Waals surface area contributed by atoms with E-state index in [1.165, 1.54) is 32.1 Å². The Hall–Kier alpha value is -1.27. The molecule has 7 heteroatoms. The number of rotatable bonds is 3. The van der Waals surface area contributed by atoms with Crippen LogP contribution in [0.3, 0.4) is 0 Å². The first-order chi connectivity index (χ1) is 13.1. The first kappa shape index (κ1) is 22.0. The third-order valence-corrected chi connectivity index (χ3v) is 5.74. The van der Waals surface area contributed by atoms with E-state index in [0.29, 0.717) is 22.8 Å². The van der Waals surface area contributed by atoms with Crippen molar-refractivity contribution in [2.75, 3.05) is 5.32 Å². The Morgan fingerprint density at radius 2 is 2.00 bits per heavy atom. The van der Waals surface area contributed by atoms with Gasteiger partial charge in [0.1, 0.15) is 16.4 Å². The van der Waals surface area contributed by atoms with E-state index in [9.17, 15) is 0 Å². The average Bonchev–Trinajstić information content (AvgIpc) is 3.33. The molecule has 1 saturated carbocycles. The number of anilines is 1. The molecule has 3 heterocycles. The van der Waals surface area contributed by atoms with E-state index >= 15 is 0 Å². The summed E-state index contributed by atoms with van der Waals surface area (Å²) in [6, 6.07) is 6.09. The molecule has 0 radical (unpaired) electrons. The molecule has 0 aromatic carbocycles. The van der Waals surface area contributed by atoms with Gasteiger partial charge in [-0.05, 0) is 25.0 Å². The van der Waals surface area contributed by atoms with E-state index in [0.717, 1.165) is 21.7 Å². The first-order valence-corrected chi connectivity index (χ1v) is 11.0. The maximum Gasteiger partial charge on any atom is 0.131 e. The summed E-state index contributed by atoms with van der Waals surface area (Å²) in [5, 5.41) is 6.18. The predicted octanol–water partition coefficient (Wildman–Crippen LogP) is 7.11. The SMILES string of the molecule is CC.Clc1cc(NCc2ccco2)c2scc(Cl)c2n1.NC1CCCCC1. The number of halogens is 2. The van der Waals surface area contributed by atoms with Gasteiger partial charge in [-0.25, -0.2) is 4.98 Å². The minimum absolute atomic E-state index is 0.421. The van der Waals surface area contributed by atoms with E-state index in [1.54, 1.807) is 23.7 Å². The van der Waals surface area contributed by atoms with Crippen LogP contribution in [0, 0.1) is 0 Å². The van der Waals surface area contributed by atoms with Crippen molar-refractivity contribution < 1.29 is 4.42 Å². The van der Waals surface area contributed by atoms with Gasteiger partial charge in [0.2, 0.25) is 0 Å². The molecule has 0 saturated heterocycles. The van der Waals surface area contributed by atoms with E-state index in [1.807, 2.05) is 31.4 Å². The topological polar surface area (TPSA) is 64.1 Å². The Balaban J connectivity index is 0.000000244. The summed E-state index contributed by atoms with van der Waals surface area (Å²) >= 11 is 13.6. The summed E-state index contributed by atoms with van der Waals surface area (Å²) in [6.07, 6.45) is 8.31. The van der Waals surface area contributed by atoms with Crippen molar-refractivity contribution in [3.05, 3.63) is 45.8 Å². The van der Waals surface area contributed by atoms with E-state index in [2.05, 4.69) is 10.3 Å². The minimum atomic E-state index is 0.421. The molecule has 4 nitrogen and oxygen atoms in total. The maximum absolute atomic E-state index is 6.06. The molecular formula is C20H27Cl2N3OS. The van der Waals surface area contributed by atoms with Crippen molar-refractivity contribution in [1.29, 1.82) is 0 Å². The third kappa shape index (κ3) is 6.68. The number of thiophene rings is 1. The summed E-state index contributed by atoms with van der Waals surface area (Å²) < 4.78 is 6.27. The van der Waals surface area contributed by atoms with E-state index in [-0.39, 0.29) is 0 Å². The molecule has 1 aliphatic rings. The Morgan fingerprint density at radius 1 is 1.26 bits per heavy atom. The lowest BCUT2D eigenvalue weighted by atomic mass is 9.97. The van der Waals surface area contributed by atoms with Crippen LogP contribution in [0.5, 0.6) is 0 Å². The summed E-state index contributed by atoms with van der Waals surface area (Å²) in [5.74, 6) is 0.860. The van der Waals surface area contributed by atoms with Crippen LogP contribution in [-0.2, 0) is 6.54 Å². The zero-order chi connectivity index (χ0) is 19.6. The zero-order valence-electron chi connectivity index (χ0n) is 15.8. The maximum atomic E-state index is 6.06. The quantitative estimate of drug-likeness (QED) is 0.436. The molecule has 4 rings (SSSR count). The van der Waals surface area contributed by atoms with Crippen LogP contribution in [0.2, 0.25) is 10.2 Å². The molecule has 0 spiro atoms. The molecule has 0 aliphatic heterocycles. The molecule has 3 N–H and O–H groups in total. The second-order valence-electron chi connectivity index (χ2n) is 6.08. The van der Waals surface area contributed by atoms with Gasteiger partial charge < -0.3 is 15.5 Å². The van der Waals surface area contributed by atoms with Crippen LogP contribution in [0.1, 0.15) is 51.7 Å². The highest BCUT2D eigenvalue weighted by atomic mass is 35.5. The van der Waals surface area contributed by atoms with Gasteiger partial charge in [-0.1, -0.05) is 56.3 Å². The molecule has 0 bridgehead atoms. The number of fused-ring (bicyclic) bond motifs is 1. The van der Waals surface area contributed by atoms with Crippen LogP contribution in [0.15, 0.2) is 34.3 Å². The molecule has 0 amide bonds. The molecule has 0 atom stereocenters. The first-order valence-electron chi connectivity index (χ1n) is 9.38. The fourth-order valence-corrected chi connectivity index (χ4v) is 4.19. The van der Waals surface area contributed by atoms with Crippen LogP contribution in [0.25, 0.3) is 10.2 Å². The monoisotopic (exact) mass is 427 g/mol. The van der Waals surface area contributed by atoms with E-state index in [4.69, 9.17) is 33.4 Å². The van der Waals surface area contributed by atoms with Gasteiger partial charge in [-0.2, -0.15) is 0 Å². The highest BCUT2D eigenvalue weighted by molar-refractivity contribution is 7.18. The van der Waals surface area contributed by atoms with Gasteiger partial charge in [0, 0.05) is 17.5 Å². The smallest absolute Gasteiger partial charge is 0.131 e. The number of hydrogen-bond donors (Lipinski definition) is 2. The molecule has 3 aromatic heterocycles. The average molecular weight is 428 g/mol. The van der Waals surface area contributed by atoms with Crippen molar-refractivity contribution in [3.63, 3.8) is 0 Å². The van der Waals surface area contributed by atoms with Gasteiger partial charge in [0.25, 0.3) is 0 Å². The van der Waals surface area contributed by atoms with E-state index < -0.39 is 0 Å². The van der Waals surface area contributed by atoms with Crippen molar-refractivity contribution in [1.82, 2.24) is 4.98 Å². The fourth-order valence-electron chi connectivity index (χ4n) is 2.81. The molecule has 27 heavy (non-hydrogen) atoms. The number of aromatic nitrogens is 1. The highest BCUT2D eigenvalue weighted by Crippen LogP contribution is 2.35. The van der Waals surface area contributed by atoms with Crippen molar-refractivity contribution in [2.45, 2.75) is 58.5 Å². The van der Waals surface area contributed by atoms with Crippen LogP contribution >= 0.6 is 34.5 Å². The Morgan fingerprint density at radius 3 is 2.59 bits per heavy atom. The van der Waals surface area contributed by atoms with Crippen LogP contribution in [-0.4, -0.2) is 11.0 Å². The van der Waals surface area contributed by atoms with Crippen molar-refractivity contribution in [2.24, 2.45) is 5.73 Å². The predicted molar refractivity (Wildman–Crippen MR) is 118 cm³/mol. The van der Waals surface area contributed by atoms with Gasteiger partial charge in [-0.3, -0.25) is 0 Å². The summed E-state index contributed by atoms with van der Waals surface area (Å²) in [6.45, 7) is 4.60. The molecule has 0 unspecified atom stereocenters. The second kappa shape index (κ2) is 11.5. The lowest BCUT2D eigenvalue weighted by molar-refractivity contribution is 0.441. The number of hydrogen-bond acceptors (Lipinski definition) is 5. The van der Waals surface area contributed by atoms with Gasteiger partial charge in [-0.15, -0.1) is 11.3 Å². The molecule has 3 aromatic rings. The van der Waals surface area contributed by atoms with Gasteiger partial charge in [0.15, 0.2) is 0 Å². The van der Waals surface area contributed by atoms with Crippen molar-refractivity contribution in [3.8, 4) is 0 Å². The number of nitrogens with zero attached hydrogens (tertiary/aromatic N) is 1. The highest BCUT2D eigenvalue weighted by Gasteiger charge is 2.10. The number of nitrogens with two attached hydrogens (primary N) is 1. The van der Waals surface area contributed by atoms with Gasteiger partial charge in [0.05, 0.1) is 28.2 Å². The van der Waals surface area contributed by atoms with Crippen molar-refractivity contribution >= 4 is 50.4 Å². The zero-order valence-corrected chi connectivity index (χ0v) is 18.1. The fraction of sp³-hybridized carbons (Fsp3) is 0.450. The molecule has 148 valence electrons. The minimum Gasteiger partial charge on any atom is -0.467 e. The molecule has 1 aliphatic carbocycles. The summed E-state index contributed by atoms with van der Waals surface area (Å²) in [4.78, 5) is 4.22. The third-order valence-electron chi connectivity index (χ3n) is 4.13. The van der Waals surface area contributed by atoms with Gasteiger partial charge >= 0.3 is 0 Å². The Bertz CT molecular complexity index is 799. The molecule has 1 fully saturated rings.